The number of piperidine rings is 1. The van der Waals surface area contributed by atoms with Crippen LogP contribution in [0.25, 0.3) is 10.2 Å². The van der Waals surface area contributed by atoms with Crippen LogP contribution in [0.1, 0.15) is 26.2 Å². The van der Waals surface area contributed by atoms with E-state index in [1.165, 1.54) is 24.1 Å². The van der Waals surface area contributed by atoms with E-state index in [9.17, 15) is 4.79 Å². The molecule has 0 aliphatic carbocycles. The van der Waals surface area contributed by atoms with E-state index in [1.807, 2.05) is 16.3 Å². The second kappa shape index (κ2) is 5.75. The van der Waals surface area contributed by atoms with E-state index in [-0.39, 0.29) is 12.5 Å². The van der Waals surface area contributed by atoms with Gasteiger partial charge in [-0.15, -0.1) is 11.3 Å². The van der Waals surface area contributed by atoms with E-state index in [0.29, 0.717) is 11.9 Å². The van der Waals surface area contributed by atoms with Gasteiger partial charge in [0.2, 0.25) is 5.88 Å². The molecule has 1 atom stereocenters. The van der Waals surface area contributed by atoms with Crippen LogP contribution in [0, 0.1) is 0 Å². The highest BCUT2D eigenvalue weighted by molar-refractivity contribution is 7.16. The fraction of sp³-hybridized carbons (Fsp3) is 0.500. The van der Waals surface area contributed by atoms with Crippen LogP contribution in [0.5, 0.6) is 5.88 Å². The first-order chi connectivity index (χ1) is 9.75. The molecule has 20 heavy (non-hydrogen) atoms. The van der Waals surface area contributed by atoms with Crippen molar-refractivity contribution in [3.63, 3.8) is 0 Å². The molecule has 0 saturated carbocycles. The van der Waals surface area contributed by atoms with Crippen LogP contribution in [-0.4, -0.2) is 40.0 Å². The molecule has 6 heteroatoms. The molecule has 2 aromatic heterocycles. The molecule has 0 N–H and O–H groups in total. The lowest BCUT2D eigenvalue weighted by Gasteiger charge is -2.33. The zero-order chi connectivity index (χ0) is 13.9. The first-order valence-electron chi connectivity index (χ1n) is 6.86. The Balaban J connectivity index is 1.67. The molecule has 0 spiro atoms. The Morgan fingerprint density at radius 1 is 1.50 bits per heavy atom. The van der Waals surface area contributed by atoms with Gasteiger partial charge in [0.25, 0.3) is 5.91 Å². The van der Waals surface area contributed by atoms with Gasteiger partial charge in [-0.05, 0) is 37.6 Å². The molecule has 1 saturated heterocycles. The molecule has 0 radical (unpaired) electrons. The highest BCUT2D eigenvalue weighted by Gasteiger charge is 2.23. The number of carbonyl (C=O) groups excluding carboxylic acids is 1. The fourth-order valence-corrected chi connectivity index (χ4v) is 3.29. The zero-order valence-electron chi connectivity index (χ0n) is 11.4. The molecule has 1 unspecified atom stereocenters. The molecule has 3 rings (SSSR count). The standard InChI is InChI=1S/C14H17N3O2S/c1-10-4-2-3-6-17(10)12(18)8-19-13-11-5-7-20-14(11)16-9-15-13/h5,7,9-10H,2-4,6,8H2,1H3. The van der Waals surface area contributed by atoms with E-state index in [0.717, 1.165) is 29.6 Å². The summed E-state index contributed by atoms with van der Waals surface area (Å²) in [7, 11) is 0. The number of hydrogen-bond donors (Lipinski definition) is 0. The molecule has 2 aromatic rings. The topological polar surface area (TPSA) is 55.3 Å². The Morgan fingerprint density at radius 2 is 2.40 bits per heavy atom. The number of likely N-dealkylation sites (tertiary alicyclic amines) is 1. The summed E-state index contributed by atoms with van der Waals surface area (Å²) >= 11 is 1.54. The normalized spacial score (nSPS) is 19.2. The number of amides is 1. The van der Waals surface area contributed by atoms with Gasteiger partial charge in [0.15, 0.2) is 6.61 Å². The second-order valence-corrected chi connectivity index (χ2v) is 5.93. The Morgan fingerprint density at radius 3 is 3.25 bits per heavy atom. The van der Waals surface area contributed by atoms with Crippen LogP contribution in [-0.2, 0) is 4.79 Å². The number of rotatable bonds is 3. The quantitative estimate of drug-likeness (QED) is 0.871. The minimum atomic E-state index is 0.0409. The van der Waals surface area contributed by atoms with Crippen molar-refractivity contribution < 1.29 is 9.53 Å². The number of ether oxygens (including phenoxy) is 1. The Kier molecular flexibility index (Phi) is 3.82. The maximum Gasteiger partial charge on any atom is 0.260 e. The van der Waals surface area contributed by atoms with Gasteiger partial charge in [-0.2, -0.15) is 0 Å². The lowest BCUT2D eigenvalue weighted by Crippen LogP contribution is -2.44. The van der Waals surface area contributed by atoms with E-state index in [4.69, 9.17) is 4.74 Å². The summed E-state index contributed by atoms with van der Waals surface area (Å²) in [5.74, 6) is 0.536. The molecule has 0 bridgehead atoms. The van der Waals surface area contributed by atoms with Crippen molar-refractivity contribution in [3.8, 4) is 5.88 Å². The van der Waals surface area contributed by atoms with Gasteiger partial charge in [-0.3, -0.25) is 4.79 Å². The maximum absolute atomic E-state index is 12.2. The van der Waals surface area contributed by atoms with Gasteiger partial charge in [-0.25, -0.2) is 9.97 Å². The SMILES string of the molecule is CC1CCCCN1C(=O)COc1ncnc2sccc12. The minimum absolute atomic E-state index is 0.0409. The van der Waals surface area contributed by atoms with Crippen LogP contribution < -0.4 is 4.74 Å². The summed E-state index contributed by atoms with van der Waals surface area (Å²) in [5, 5.41) is 2.82. The highest BCUT2D eigenvalue weighted by atomic mass is 32.1. The van der Waals surface area contributed by atoms with Gasteiger partial charge in [0.1, 0.15) is 11.2 Å². The third-order valence-electron chi connectivity index (χ3n) is 3.68. The number of hydrogen-bond acceptors (Lipinski definition) is 5. The predicted octanol–water partition coefficient (Wildman–Crippen LogP) is 2.47. The van der Waals surface area contributed by atoms with Crippen molar-refractivity contribution in [2.45, 2.75) is 32.2 Å². The van der Waals surface area contributed by atoms with Gasteiger partial charge in [-0.1, -0.05) is 0 Å². The van der Waals surface area contributed by atoms with E-state index in [2.05, 4.69) is 16.9 Å². The molecular formula is C14H17N3O2S. The molecular weight excluding hydrogens is 274 g/mol. The fourth-order valence-electron chi connectivity index (χ4n) is 2.56. The third-order valence-corrected chi connectivity index (χ3v) is 4.50. The van der Waals surface area contributed by atoms with Crippen LogP contribution in [0.2, 0.25) is 0 Å². The summed E-state index contributed by atoms with van der Waals surface area (Å²) in [4.78, 5) is 23.3. The maximum atomic E-state index is 12.2. The summed E-state index contributed by atoms with van der Waals surface area (Å²) in [5.41, 5.74) is 0. The van der Waals surface area contributed by atoms with E-state index < -0.39 is 0 Å². The summed E-state index contributed by atoms with van der Waals surface area (Å²) in [6.07, 6.45) is 4.84. The van der Waals surface area contributed by atoms with E-state index in [1.54, 1.807) is 0 Å². The van der Waals surface area contributed by atoms with Gasteiger partial charge in [0.05, 0.1) is 5.39 Å². The average molecular weight is 291 g/mol. The van der Waals surface area contributed by atoms with Crippen molar-refractivity contribution >= 4 is 27.5 Å². The third kappa shape index (κ3) is 2.60. The first kappa shape index (κ1) is 13.3. The zero-order valence-corrected chi connectivity index (χ0v) is 12.2. The number of nitrogens with zero attached hydrogens (tertiary/aromatic N) is 3. The number of fused-ring (bicyclic) bond motifs is 1. The monoisotopic (exact) mass is 291 g/mol. The molecule has 1 aliphatic rings. The van der Waals surface area contributed by atoms with Crippen molar-refractivity contribution in [2.24, 2.45) is 0 Å². The van der Waals surface area contributed by atoms with Gasteiger partial charge >= 0.3 is 0 Å². The second-order valence-electron chi connectivity index (χ2n) is 5.04. The van der Waals surface area contributed by atoms with Crippen molar-refractivity contribution in [1.82, 2.24) is 14.9 Å². The molecule has 5 nitrogen and oxygen atoms in total. The van der Waals surface area contributed by atoms with Gasteiger partial charge < -0.3 is 9.64 Å². The Labute approximate surface area is 121 Å². The number of thiophene rings is 1. The highest BCUT2D eigenvalue weighted by Crippen LogP contribution is 2.25. The summed E-state index contributed by atoms with van der Waals surface area (Å²) in [6.45, 7) is 2.98. The van der Waals surface area contributed by atoms with E-state index >= 15 is 0 Å². The molecule has 0 aromatic carbocycles. The van der Waals surface area contributed by atoms with Crippen molar-refractivity contribution in [2.75, 3.05) is 13.2 Å². The average Bonchev–Trinajstić information content (AvgIpc) is 2.94. The van der Waals surface area contributed by atoms with Crippen molar-refractivity contribution in [3.05, 3.63) is 17.8 Å². The summed E-state index contributed by atoms with van der Waals surface area (Å²) in [6, 6.07) is 2.23. The summed E-state index contributed by atoms with van der Waals surface area (Å²) < 4.78 is 5.61. The molecule has 1 aliphatic heterocycles. The molecule has 3 heterocycles. The van der Waals surface area contributed by atoms with Crippen molar-refractivity contribution in [1.29, 1.82) is 0 Å². The first-order valence-corrected chi connectivity index (χ1v) is 7.74. The Hall–Kier alpha value is -1.69. The molecule has 106 valence electrons. The minimum Gasteiger partial charge on any atom is -0.467 e. The Bertz CT molecular complexity index is 613. The number of aromatic nitrogens is 2. The number of carbonyl (C=O) groups is 1. The van der Waals surface area contributed by atoms with Crippen LogP contribution in [0.15, 0.2) is 17.8 Å². The molecule has 1 fully saturated rings. The van der Waals surface area contributed by atoms with Gasteiger partial charge in [0, 0.05) is 12.6 Å². The van der Waals surface area contributed by atoms with Crippen LogP contribution in [0.4, 0.5) is 0 Å². The largest absolute Gasteiger partial charge is 0.467 e. The lowest BCUT2D eigenvalue weighted by molar-refractivity contribution is -0.136. The van der Waals surface area contributed by atoms with Crippen LogP contribution >= 0.6 is 11.3 Å². The molecule has 1 amide bonds. The lowest BCUT2D eigenvalue weighted by atomic mass is 10.0. The predicted molar refractivity (Wildman–Crippen MR) is 77.9 cm³/mol. The smallest absolute Gasteiger partial charge is 0.260 e. The van der Waals surface area contributed by atoms with Crippen LogP contribution in [0.3, 0.4) is 0 Å².